The summed E-state index contributed by atoms with van der Waals surface area (Å²) >= 11 is 0. The summed E-state index contributed by atoms with van der Waals surface area (Å²) < 4.78 is 5.70. The molecule has 2 amide bonds. The van der Waals surface area contributed by atoms with E-state index in [1.165, 1.54) is 0 Å². The topological polar surface area (TPSA) is 67.4 Å². The van der Waals surface area contributed by atoms with Gasteiger partial charge in [-0.1, -0.05) is 44.0 Å². The molecule has 3 aromatic rings. The fourth-order valence-corrected chi connectivity index (χ4v) is 3.13. The van der Waals surface area contributed by atoms with Gasteiger partial charge in [-0.25, -0.2) is 0 Å². The van der Waals surface area contributed by atoms with Crippen LogP contribution in [0.1, 0.15) is 52.5 Å². The second-order valence-electron chi connectivity index (χ2n) is 7.33. The summed E-state index contributed by atoms with van der Waals surface area (Å²) in [7, 11) is 0. The highest BCUT2D eigenvalue weighted by Gasteiger charge is 2.12. The molecule has 0 unspecified atom stereocenters. The third-order valence-electron chi connectivity index (χ3n) is 5.00. The van der Waals surface area contributed by atoms with Crippen molar-refractivity contribution in [1.82, 2.24) is 0 Å². The SMILES string of the molecule is CCCCCOc1ccc(C(=O)Nc2cccc(NC(=O)c3ccccc3)c2C)cc1. The molecule has 0 saturated carbocycles. The van der Waals surface area contributed by atoms with Crippen LogP contribution in [0.5, 0.6) is 5.75 Å². The lowest BCUT2D eigenvalue weighted by molar-refractivity contribution is 0.101. The first-order valence-electron chi connectivity index (χ1n) is 10.6. The van der Waals surface area contributed by atoms with E-state index in [-0.39, 0.29) is 11.8 Å². The molecule has 31 heavy (non-hydrogen) atoms. The largest absolute Gasteiger partial charge is 0.494 e. The van der Waals surface area contributed by atoms with Crippen LogP contribution in [-0.2, 0) is 0 Å². The first-order valence-corrected chi connectivity index (χ1v) is 10.6. The van der Waals surface area contributed by atoms with Gasteiger partial charge in [0.1, 0.15) is 5.75 Å². The van der Waals surface area contributed by atoms with Gasteiger partial charge in [-0.3, -0.25) is 9.59 Å². The van der Waals surface area contributed by atoms with Crippen LogP contribution in [0, 0.1) is 6.92 Å². The fraction of sp³-hybridized carbons (Fsp3) is 0.231. The van der Waals surface area contributed by atoms with Crippen molar-refractivity contribution in [3.05, 3.63) is 89.5 Å². The van der Waals surface area contributed by atoms with Gasteiger partial charge in [0.05, 0.1) is 6.61 Å². The van der Waals surface area contributed by atoms with Gasteiger partial charge in [0.15, 0.2) is 0 Å². The zero-order valence-electron chi connectivity index (χ0n) is 18.0. The van der Waals surface area contributed by atoms with E-state index in [1.54, 1.807) is 30.3 Å². The van der Waals surface area contributed by atoms with Gasteiger partial charge < -0.3 is 15.4 Å². The molecule has 0 fully saturated rings. The van der Waals surface area contributed by atoms with Gasteiger partial charge in [0, 0.05) is 22.5 Å². The molecule has 3 aromatic carbocycles. The Morgan fingerprint density at radius 2 is 1.32 bits per heavy atom. The summed E-state index contributed by atoms with van der Waals surface area (Å²) in [6, 6.07) is 21.6. The second kappa shape index (κ2) is 11.0. The molecule has 2 N–H and O–H groups in total. The van der Waals surface area contributed by atoms with Crippen LogP contribution in [0.25, 0.3) is 0 Å². The molecule has 0 spiro atoms. The Balaban J connectivity index is 1.63. The predicted molar refractivity (Wildman–Crippen MR) is 125 cm³/mol. The predicted octanol–water partition coefficient (Wildman–Crippen LogP) is 6.07. The maximum atomic E-state index is 12.7. The molecule has 3 rings (SSSR count). The van der Waals surface area contributed by atoms with E-state index in [1.807, 2.05) is 49.4 Å². The summed E-state index contributed by atoms with van der Waals surface area (Å²) in [5, 5.41) is 5.84. The Hall–Kier alpha value is -3.60. The normalized spacial score (nSPS) is 10.4. The highest BCUT2D eigenvalue weighted by atomic mass is 16.5. The minimum atomic E-state index is -0.216. The number of anilines is 2. The zero-order valence-corrected chi connectivity index (χ0v) is 18.0. The summed E-state index contributed by atoms with van der Waals surface area (Å²) in [5.74, 6) is 0.350. The lowest BCUT2D eigenvalue weighted by atomic mass is 10.1. The van der Waals surface area contributed by atoms with Crippen LogP contribution in [-0.4, -0.2) is 18.4 Å². The molecule has 0 bridgehead atoms. The molecule has 0 aliphatic rings. The number of carbonyl (C=O) groups excluding carboxylic acids is 2. The Labute approximate surface area is 183 Å². The van der Waals surface area contributed by atoms with Crippen molar-refractivity contribution in [2.24, 2.45) is 0 Å². The molecule has 0 heterocycles. The van der Waals surface area contributed by atoms with Crippen molar-refractivity contribution in [3.8, 4) is 5.75 Å². The van der Waals surface area contributed by atoms with Crippen LogP contribution in [0.2, 0.25) is 0 Å². The molecular formula is C26H28N2O3. The van der Waals surface area contributed by atoms with Crippen molar-refractivity contribution in [1.29, 1.82) is 0 Å². The minimum absolute atomic E-state index is 0.193. The molecule has 0 aromatic heterocycles. The average Bonchev–Trinajstić information content (AvgIpc) is 2.80. The molecule has 0 atom stereocenters. The van der Waals surface area contributed by atoms with Gasteiger partial charge in [0.2, 0.25) is 0 Å². The number of carbonyl (C=O) groups is 2. The summed E-state index contributed by atoms with van der Waals surface area (Å²) in [6.07, 6.45) is 3.32. The molecule has 160 valence electrons. The number of amides is 2. The highest BCUT2D eigenvalue weighted by molar-refractivity contribution is 6.07. The van der Waals surface area contributed by atoms with Gasteiger partial charge in [0.25, 0.3) is 11.8 Å². The quantitative estimate of drug-likeness (QED) is 0.416. The Morgan fingerprint density at radius 1 is 0.742 bits per heavy atom. The first-order chi connectivity index (χ1) is 15.1. The molecule has 0 radical (unpaired) electrons. The van der Waals surface area contributed by atoms with Crippen molar-refractivity contribution in [3.63, 3.8) is 0 Å². The molecule has 0 saturated heterocycles. The standard InChI is InChI=1S/C26H28N2O3/c1-3-4-8-18-31-22-16-14-21(15-17-22)26(30)28-24-13-9-12-23(19(24)2)27-25(29)20-10-6-5-7-11-20/h5-7,9-17H,3-4,8,18H2,1-2H3,(H,27,29)(H,28,30). The lowest BCUT2D eigenvalue weighted by Crippen LogP contribution is -2.15. The van der Waals surface area contributed by atoms with Crippen molar-refractivity contribution < 1.29 is 14.3 Å². The number of hydrogen-bond acceptors (Lipinski definition) is 3. The van der Waals surface area contributed by atoms with E-state index in [2.05, 4.69) is 17.6 Å². The number of nitrogens with one attached hydrogen (secondary N) is 2. The van der Waals surface area contributed by atoms with Gasteiger partial charge >= 0.3 is 0 Å². The third kappa shape index (κ3) is 6.19. The Bertz CT molecular complexity index is 1010. The van der Waals surface area contributed by atoms with Gasteiger partial charge in [-0.2, -0.15) is 0 Å². The van der Waals surface area contributed by atoms with E-state index in [0.717, 1.165) is 30.6 Å². The van der Waals surface area contributed by atoms with Gasteiger partial charge in [-0.15, -0.1) is 0 Å². The number of ether oxygens (including phenoxy) is 1. The average molecular weight is 417 g/mol. The smallest absolute Gasteiger partial charge is 0.255 e. The summed E-state index contributed by atoms with van der Waals surface area (Å²) in [5.41, 5.74) is 3.21. The molecule has 0 aliphatic heterocycles. The maximum Gasteiger partial charge on any atom is 0.255 e. The van der Waals surface area contributed by atoms with Crippen LogP contribution in [0.4, 0.5) is 11.4 Å². The minimum Gasteiger partial charge on any atom is -0.494 e. The molecule has 5 heteroatoms. The van der Waals surface area contributed by atoms with Crippen LogP contribution >= 0.6 is 0 Å². The van der Waals surface area contributed by atoms with Crippen molar-refractivity contribution in [2.75, 3.05) is 17.2 Å². The van der Waals surface area contributed by atoms with Gasteiger partial charge in [-0.05, 0) is 67.4 Å². The van der Waals surface area contributed by atoms with E-state index in [9.17, 15) is 9.59 Å². The number of unbranched alkanes of at least 4 members (excludes halogenated alkanes) is 2. The molecule has 5 nitrogen and oxygen atoms in total. The van der Waals surface area contributed by atoms with Crippen LogP contribution < -0.4 is 15.4 Å². The summed E-state index contributed by atoms with van der Waals surface area (Å²) in [6.45, 7) is 4.70. The van der Waals surface area contributed by atoms with Crippen molar-refractivity contribution in [2.45, 2.75) is 33.1 Å². The van der Waals surface area contributed by atoms with Crippen LogP contribution in [0.3, 0.4) is 0 Å². The lowest BCUT2D eigenvalue weighted by Gasteiger charge is -2.14. The first kappa shape index (κ1) is 22.1. The second-order valence-corrected chi connectivity index (χ2v) is 7.33. The number of hydrogen-bond donors (Lipinski definition) is 2. The van der Waals surface area contributed by atoms with E-state index < -0.39 is 0 Å². The number of benzene rings is 3. The van der Waals surface area contributed by atoms with E-state index in [4.69, 9.17) is 4.74 Å². The monoisotopic (exact) mass is 416 g/mol. The zero-order chi connectivity index (χ0) is 22.1. The molecular weight excluding hydrogens is 388 g/mol. The van der Waals surface area contributed by atoms with E-state index >= 15 is 0 Å². The summed E-state index contributed by atoms with van der Waals surface area (Å²) in [4.78, 5) is 25.1. The fourth-order valence-electron chi connectivity index (χ4n) is 3.13. The Morgan fingerprint density at radius 3 is 1.90 bits per heavy atom. The molecule has 0 aliphatic carbocycles. The third-order valence-corrected chi connectivity index (χ3v) is 5.00. The number of rotatable bonds is 9. The van der Waals surface area contributed by atoms with Crippen molar-refractivity contribution >= 4 is 23.2 Å². The highest BCUT2D eigenvalue weighted by Crippen LogP contribution is 2.25. The van der Waals surface area contributed by atoms with Crippen LogP contribution in [0.15, 0.2) is 72.8 Å². The van der Waals surface area contributed by atoms with E-state index in [0.29, 0.717) is 29.1 Å². The maximum absolute atomic E-state index is 12.7. The Kier molecular flexibility index (Phi) is 7.82.